The summed E-state index contributed by atoms with van der Waals surface area (Å²) in [6, 6.07) is 5.60. The highest BCUT2D eigenvalue weighted by Crippen LogP contribution is 2.66. The van der Waals surface area contributed by atoms with Crippen molar-refractivity contribution in [2.45, 2.75) is 43.8 Å². The van der Waals surface area contributed by atoms with Gasteiger partial charge in [0, 0.05) is 44.4 Å². The van der Waals surface area contributed by atoms with E-state index in [9.17, 15) is 27.2 Å². The Labute approximate surface area is 212 Å². The van der Waals surface area contributed by atoms with Crippen LogP contribution in [0.25, 0.3) is 0 Å². The van der Waals surface area contributed by atoms with Crippen molar-refractivity contribution in [2.75, 3.05) is 27.7 Å². The Balaban J connectivity index is 1.71. The van der Waals surface area contributed by atoms with Crippen molar-refractivity contribution in [1.29, 1.82) is 0 Å². The summed E-state index contributed by atoms with van der Waals surface area (Å²) in [5.74, 6) is -2.96. The Morgan fingerprint density at radius 2 is 1.81 bits per heavy atom. The van der Waals surface area contributed by atoms with Crippen molar-refractivity contribution < 1.29 is 27.2 Å². The van der Waals surface area contributed by atoms with Crippen molar-refractivity contribution in [3.05, 3.63) is 64.2 Å². The predicted octanol–water partition coefficient (Wildman–Crippen LogP) is 4.34. The van der Waals surface area contributed by atoms with E-state index in [-0.39, 0.29) is 48.9 Å². The number of halogens is 5. The number of carbonyl (C=O) groups is 2. The van der Waals surface area contributed by atoms with Gasteiger partial charge in [0.1, 0.15) is 0 Å². The largest absolute Gasteiger partial charge is 0.395 e. The van der Waals surface area contributed by atoms with Crippen LogP contribution >= 0.6 is 11.6 Å². The lowest BCUT2D eigenvalue weighted by molar-refractivity contribution is -0.194. The lowest BCUT2D eigenvalue weighted by atomic mass is 9.80. The monoisotopic (exact) mass is 528 g/mol. The predicted molar refractivity (Wildman–Crippen MR) is 128 cm³/mol. The molecule has 2 atom stereocenters. The van der Waals surface area contributed by atoms with E-state index in [1.165, 1.54) is 37.6 Å². The van der Waals surface area contributed by atoms with E-state index >= 15 is 0 Å². The Hall–Kier alpha value is -2.72. The van der Waals surface area contributed by atoms with Crippen LogP contribution in [-0.2, 0) is 11.2 Å². The van der Waals surface area contributed by atoms with Gasteiger partial charge in [-0.3, -0.25) is 14.6 Å². The number of pyridine rings is 1. The molecule has 6 nitrogen and oxygen atoms in total. The summed E-state index contributed by atoms with van der Waals surface area (Å²) in [6.07, 6.45) is -1.69. The topological polar surface area (TPSA) is 74.3 Å². The van der Waals surface area contributed by atoms with Crippen LogP contribution in [0.15, 0.2) is 36.7 Å². The molecule has 1 heterocycles. The number of aromatic nitrogens is 1. The summed E-state index contributed by atoms with van der Waals surface area (Å²) in [5.41, 5.74) is -1.22. The quantitative estimate of drug-likeness (QED) is 0.450. The van der Waals surface area contributed by atoms with Crippen molar-refractivity contribution in [3.63, 3.8) is 0 Å². The van der Waals surface area contributed by atoms with Crippen LogP contribution in [0.3, 0.4) is 0 Å². The van der Waals surface area contributed by atoms with Crippen LogP contribution in [0.4, 0.5) is 17.6 Å². The van der Waals surface area contributed by atoms with Crippen LogP contribution in [0.2, 0.25) is 5.02 Å². The number of alkyl halides is 3. The summed E-state index contributed by atoms with van der Waals surface area (Å²) < 4.78 is 56.3. The van der Waals surface area contributed by atoms with Gasteiger partial charge in [-0.2, -0.15) is 13.2 Å². The molecule has 196 valence electrons. The normalized spacial score (nSPS) is 16.4. The number of nitrogens with zero attached hydrogens (tertiary/aromatic N) is 2. The molecule has 36 heavy (non-hydrogen) atoms. The molecule has 1 fully saturated rings. The number of nitrogens with one attached hydrogen (secondary N) is 2. The van der Waals surface area contributed by atoms with Gasteiger partial charge < -0.3 is 15.5 Å². The fourth-order valence-electron chi connectivity index (χ4n) is 4.43. The summed E-state index contributed by atoms with van der Waals surface area (Å²) in [6.45, 7) is 0.114. The van der Waals surface area contributed by atoms with Gasteiger partial charge >= 0.3 is 6.18 Å². The molecule has 1 aliphatic carbocycles. The Morgan fingerprint density at radius 3 is 2.33 bits per heavy atom. The molecule has 0 unspecified atom stereocenters. The standard InChI is InChI=1S/C25H29ClF4N4O2/c1-31-23(36)18-5-4-16(21(26)22(18)27)12-17(34(2)3)14-33-20(35)13-19(15-6-10-32-11-7-15)24(8-9-24)25(28,29)30/h4-7,10-11,17,19H,8-9,12-14H2,1-3H3,(H,31,36)(H,33,35)/t17-,19+/m0/s1. The van der Waals surface area contributed by atoms with Crippen LogP contribution in [-0.4, -0.2) is 61.6 Å². The molecule has 2 N–H and O–H groups in total. The van der Waals surface area contributed by atoms with Crippen LogP contribution in [0, 0.1) is 11.2 Å². The van der Waals surface area contributed by atoms with E-state index in [0.29, 0.717) is 11.1 Å². The second kappa shape index (κ2) is 11.1. The van der Waals surface area contributed by atoms with Gasteiger partial charge in [-0.1, -0.05) is 17.7 Å². The van der Waals surface area contributed by atoms with Crippen molar-refractivity contribution in [1.82, 2.24) is 20.5 Å². The maximum atomic E-state index is 14.6. The molecular weight excluding hydrogens is 500 g/mol. The fourth-order valence-corrected chi connectivity index (χ4v) is 4.67. The van der Waals surface area contributed by atoms with E-state index in [0.717, 1.165) is 0 Å². The molecule has 2 amide bonds. The van der Waals surface area contributed by atoms with Gasteiger partial charge in [0.05, 0.1) is 16.0 Å². The van der Waals surface area contributed by atoms with Crippen molar-refractivity contribution in [3.8, 4) is 0 Å². The second-order valence-electron chi connectivity index (χ2n) is 9.30. The first kappa shape index (κ1) is 27.9. The minimum Gasteiger partial charge on any atom is -0.355 e. The number of amides is 2. The zero-order chi connectivity index (χ0) is 26.7. The van der Waals surface area contributed by atoms with Crippen molar-refractivity contribution in [2.24, 2.45) is 5.41 Å². The molecule has 1 aromatic heterocycles. The van der Waals surface area contributed by atoms with Crippen LogP contribution < -0.4 is 10.6 Å². The molecule has 11 heteroatoms. The summed E-state index contributed by atoms with van der Waals surface area (Å²) >= 11 is 6.17. The van der Waals surface area contributed by atoms with Crippen LogP contribution in [0.5, 0.6) is 0 Å². The first-order valence-corrected chi connectivity index (χ1v) is 11.9. The third kappa shape index (κ3) is 5.98. The average Bonchev–Trinajstić information content (AvgIpc) is 3.65. The lowest BCUT2D eigenvalue weighted by Gasteiger charge is -2.30. The molecule has 0 spiro atoms. The van der Waals surface area contributed by atoms with Crippen LogP contribution in [0.1, 0.15) is 46.7 Å². The minimum atomic E-state index is -4.42. The maximum Gasteiger partial charge on any atom is 0.395 e. The number of carbonyl (C=O) groups excluding carboxylic acids is 2. The minimum absolute atomic E-state index is 0.0206. The van der Waals surface area contributed by atoms with E-state index in [2.05, 4.69) is 15.6 Å². The Kier molecular flexibility index (Phi) is 8.61. The maximum absolute atomic E-state index is 14.6. The third-order valence-corrected chi connectivity index (χ3v) is 7.28. The first-order chi connectivity index (χ1) is 16.9. The van der Waals surface area contributed by atoms with Gasteiger partial charge in [-0.25, -0.2) is 4.39 Å². The highest BCUT2D eigenvalue weighted by atomic mass is 35.5. The second-order valence-corrected chi connectivity index (χ2v) is 9.67. The number of hydrogen-bond acceptors (Lipinski definition) is 4. The van der Waals surface area contributed by atoms with E-state index < -0.39 is 35.1 Å². The molecule has 1 aromatic carbocycles. The fraction of sp³-hybridized carbons (Fsp3) is 0.480. The van der Waals surface area contributed by atoms with Gasteiger partial charge in [0.25, 0.3) is 5.91 Å². The molecular formula is C25H29ClF4N4O2. The highest BCUT2D eigenvalue weighted by molar-refractivity contribution is 6.32. The van der Waals surface area contributed by atoms with Gasteiger partial charge in [0.15, 0.2) is 5.82 Å². The Bertz CT molecular complexity index is 1090. The molecule has 1 aliphatic rings. The molecule has 0 radical (unpaired) electrons. The molecule has 1 saturated carbocycles. The summed E-state index contributed by atoms with van der Waals surface area (Å²) in [5, 5.41) is 4.90. The van der Waals surface area contributed by atoms with Crippen molar-refractivity contribution >= 4 is 23.4 Å². The van der Waals surface area contributed by atoms with Gasteiger partial charge in [-0.05, 0) is 62.7 Å². The SMILES string of the molecule is CNC(=O)c1ccc(C[C@@H](CNC(=O)C[C@H](c2ccncc2)C2(C(F)(F)F)CC2)N(C)C)c(Cl)c1F. The first-order valence-electron chi connectivity index (χ1n) is 11.5. The van der Waals surface area contributed by atoms with E-state index in [1.807, 2.05) is 0 Å². The molecule has 0 aliphatic heterocycles. The number of likely N-dealkylation sites (N-methyl/N-ethyl adjacent to an activating group) is 1. The molecule has 2 aromatic rings. The molecule has 0 saturated heterocycles. The average molecular weight is 529 g/mol. The number of benzene rings is 1. The summed E-state index contributed by atoms with van der Waals surface area (Å²) in [7, 11) is 4.92. The smallest absolute Gasteiger partial charge is 0.355 e. The zero-order valence-electron chi connectivity index (χ0n) is 20.3. The van der Waals surface area contributed by atoms with E-state index in [1.54, 1.807) is 25.1 Å². The van der Waals surface area contributed by atoms with Gasteiger partial charge in [-0.15, -0.1) is 0 Å². The highest BCUT2D eigenvalue weighted by Gasteiger charge is 2.67. The number of rotatable bonds is 10. The molecule has 0 bridgehead atoms. The number of hydrogen-bond donors (Lipinski definition) is 2. The third-order valence-electron chi connectivity index (χ3n) is 6.87. The Morgan fingerprint density at radius 1 is 1.17 bits per heavy atom. The zero-order valence-corrected chi connectivity index (χ0v) is 21.0. The lowest BCUT2D eigenvalue weighted by Crippen LogP contribution is -2.43. The van der Waals surface area contributed by atoms with Gasteiger partial charge in [0.2, 0.25) is 5.91 Å². The summed E-state index contributed by atoms with van der Waals surface area (Å²) in [4.78, 5) is 30.3. The molecule has 3 rings (SSSR count). The van der Waals surface area contributed by atoms with E-state index in [4.69, 9.17) is 11.6 Å².